The molecular formula is C18H21FN4O3. The summed E-state index contributed by atoms with van der Waals surface area (Å²) in [5.74, 6) is -1.74. The van der Waals surface area contributed by atoms with Crippen molar-refractivity contribution in [3.05, 3.63) is 41.7 Å². The van der Waals surface area contributed by atoms with Crippen molar-refractivity contribution in [3.8, 4) is 5.69 Å². The van der Waals surface area contributed by atoms with Crippen molar-refractivity contribution in [3.63, 3.8) is 0 Å². The first kappa shape index (κ1) is 18.0. The molecular weight excluding hydrogens is 339 g/mol. The van der Waals surface area contributed by atoms with Gasteiger partial charge in [0.25, 0.3) is 5.91 Å². The zero-order valence-corrected chi connectivity index (χ0v) is 14.6. The highest BCUT2D eigenvalue weighted by Crippen LogP contribution is 2.33. The Balaban J connectivity index is 1.88. The molecule has 1 atom stereocenters. The van der Waals surface area contributed by atoms with Gasteiger partial charge >= 0.3 is 5.97 Å². The van der Waals surface area contributed by atoms with Gasteiger partial charge in [-0.2, -0.15) is 0 Å². The van der Waals surface area contributed by atoms with E-state index in [1.54, 1.807) is 18.2 Å². The number of halogens is 1. The second-order valence-corrected chi connectivity index (χ2v) is 6.85. The lowest BCUT2D eigenvalue weighted by Gasteiger charge is -2.12. The maximum atomic E-state index is 14.1. The van der Waals surface area contributed by atoms with Crippen molar-refractivity contribution in [1.82, 2.24) is 20.1 Å². The molecule has 3 rings (SSSR count). The van der Waals surface area contributed by atoms with E-state index in [1.807, 2.05) is 13.8 Å². The fourth-order valence-corrected chi connectivity index (χ4v) is 2.73. The molecule has 1 heterocycles. The molecule has 1 aliphatic carbocycles. The van der Waals surface area contributed by atoms with Gasteiger partial charge in [-0.15, -0.1) is 5.10 Å². The van der Waals surface area contributed by atoms with E-state index >= 15 is 0 Å². The number of para-hydroxylation sites is 1. The van der Waals surface area contributed by atoms with Crippen LogP contribution in [0.5, 0.6) is 0 Å². The zero-order chi connectivity index (χ0) is 18.8. The number of amides is 1. The third-order valence-electron chi connectivity index (χ3n) is 4.30. The lowest BCUT2D eigenvalue weighted by Crippen LogP contribution is -2.41. The minimum absolute atomic E-state index is 0.106. The summed E-state index contributed by atoms with van der Waals surface area (Å²) in [6, 6.07) is 5.10. The van der Waals surface area contributed by atoms with Crippen LogP contribution in [-0.4, -0.2) is 37.8 Å². The number of benzene rings is 1. The number of carbonyl (C=O) groups excluding carboxylic acids is 1. The minimum Gasteiger partial charge on any atom is -0.480 e. The predicted octanol–water partition coefficient (Wildman–Crippen LogP) is 2.51. The normalized spacial score (nSPS) is 15.1. The van der Waals surface area contributed by atoms with Gasteiger partial charge in [0.15, 0.2) is 0 Å². The second-order valence-electron chi connectivity index (χ2n) is 6.85. The van der Waals surface area contributed by atoms with E-state index in [0.29, 0.717) is 18.2 Å². The highest BCUT2D eigenvalue weighted by Gasteiger charge is 2.31. The lowest BCUT2D eigenvalue weighted by atomic mass is 10.1. The number of rotatable bonds is 7. The monoisotopic (exact) mass is 360 g/mol. The van der Waals surface area contributed by atoms with Crippen molar-refractivity contribution < 1.29 is 19.1 Å². The molecule has 0 bridgehead atoms. The summed E-state index contributed by atoms with van der Waals surface area (Å²) in [5, 5.41) is 15.9. The molecule has 2 N–H and O–H groups in total. The molecule has 1 unspecified atom stereocenters. The third kappa shape index (κ3) is 3.89. The highest BCUT2D eigenvalue weighted by molar-refractivity contribution is 5.93. The van der Waals surface area contributed by atoms with Gasteiger partial charge in [-0.3, -0.25) is 4.79 Å². The molecule has 7 nitrogen and oxygen atoms in total. The van der Waals surface area contributed by atoms with Crippen LogP contribution in [0.3, 0.4) is 0 Å². The number of hydrogen-bond acceptors (Lipinski definition) is 4. The van der Waals surface area contributed by atoms with Crippen molar-refractivity contribution in [2.45, 2.75) is 45.1 Å². The van der Waals surface area contributed by atoms with Crippen LogP contribution in [0.15, 0.2) is 24.3 Å². The first-order valence-corrected chi connectivity index (χ1v) is 8.62. The molecule has 0 radical (unpaired) electrons. The number of nitrogens with zero attached hydrogens (tertiary/aromatic N) is 3. The van der Waals surface area contributed by atoms with Crippen LogP contribution >= 0.6 is 0 Å². The quantitative estimate of drug-likeness (QED) is 0.791. The van der Waals surface area contributed by atoms with E-state index in [2.05, 4.69) is 15.4 Å². The van der Waals surface area contributed by atoms with Crippen LogP contribution in [-0.2, 0) is 4.79 Å². The van der Waals surface area contributed by atoms with Gasteiger partial charge in [0.1, 0.15) is 23.4 Å². The summed E-state index contributed by atoms with van der Waals surface area (Å²) in [7, 11) is 0. The Morgan fingerprint density at radius 3 is 2.62 bits per heavy atom. The fourth-order valence-electron chi connectivity index (χ4n) is 2.73. The Morgan fingerprint density at radius 1 is 1.35 bits per heavy atom. The maximum Gasteiger partial charge on any atom is 0.326 e. The first-order chi connectivity index (χ1) is 12.4. The molecule has 1 fully saturated rings. The maximum absolute atomic E-state index is 14.1. The van der Waals surface area contributed by atoms with Crippen molar-refractivity contribution >= 4 is 11.9 Å². The van der Waals surface area contributed by atoms with E-state index < -0.39 is 23.7 Å². The number of aliphatic carboxylic acids is 1. The molecule has 1 aromatic carbocycles. The third-order valence-corrected chi connectivity index (χ3v) is 4.30. The average Bonchev–Trinajstić information content (AvgIpc) is 3.29. The summed E-state index contributed by atoms with van der Waals surface area (Å²) in [5.41, 5.74) is 0.190. The van der Waals surface area contributed by atoms with Gasteiger partial charge in [0.2, 0.25) is 5.82 Å². The number of carbonyl (C=O) groups is 2. The molecule has 1 aliphatic rings. The van der Waals surface area contributed by atoms with Crippen LogP contribution in [0.1, 0.15) is 55.5 Å². The second kappa shape index (κ2) is 7.23. The molecule has 0 saturated heterocycles. The Morgan fingerprint density at radius 2 is 2.04 bits per heavy atom. The van der Waals surface area contributed by atoms with Gasteiger partial charge in [-0.05, 0) is 24.5 Å². The Kier molecular flexibility index (Phi) is 5.01. The van der Waals surface area contributed by atoms with Gasteiger partial charge in [0.05, 0.1) is 0 Å². The van der Waals surface area contributed by atoms with Crippen LogP contribution in [0.2, 0.25) is 0 Å². The van der Waals surface area contributed by atoms with Gasteiger partial charge in [-0.1, -0.05) is 38.8 Å². The van der Waals surface area contributed by atoms with Gasteiger partial charge in [-0.25, -0.2) is 18.9 Å². The van der Waals surface area contributed by atoms with Crippen molar-refractivity contribution in [2.24, 2.45) is 5.92 Å². The summed E-state index contributed by atoms with van der Waals surface area (Å²) in [4.78, 5) is 28.0. The van der Waals surface area contributed by atoms with Crippen molar-refractivity contribution in [1.29, 1.82) is 0 Å². The molecule has 0 spiro atoms. The molecule has 0 aliphatic heterocycles. The Labute approximate surface area is 150 Å². The average molecular weight is 360 g/mol. The van der Waals surface area contributed by atoms with Crippen LogP contribution in [0.4, 0.5) is 4.39 Å². The molecule has 8 heteroatoms. The highest BCUT2D eigenvalue weighted by atomic mass is 19.1. The van der Waals surface area contributed by atoms with Crippen LogP contribution < -0.4 is 5.32 Å². The first-order valence-electron chi connectivity index (χ1n) is 8.62. The fraction of sp³-hybridized carbons (Fsp3) is 0.444. The lowest BCUT2D eigenvalue weighted by molar-refractivity contribution is -0.139. The number of nitrogens with one attached hydrogen (secondary N) is 1. The zero-order valence-electron chi connectivity index (χ0n) is 14.6. The standard InChI is InChI=1S/C18H21FN4O3/c1-10(2)16-21-15(22-23(16)14-6-4-3-5-12(14)19)17(24)20-13(18(25)26)9-11-7-8-11/h3-6,10-11,13H,7-9H2,1-2H3,(H,20,24)(H,25,26). The van der Waals surface area contributed by atoms with Crippen molar-refractivity contribution in [2.75, 3.05) is 0 Å². The van der Waals surface area contributed by atoms with E-state index in [4.69, 9.17) is 0 Å². The summed E-state index contributed by atoms with van der Waals surface area (Å²) >= 11 is 0. The van der Waals surface area contributed by atoms with E-state index in [0.717, 1.165) is 12.8 Å². The molecule has 1 amide bonds. The largest absolute Gasteiger partial charge is 0.480 e. The van der Waals surface area contributed by atoms with E-state index in [-0.39, 0.29) is 17.4 Å². The summed E-state index contributed by atoms with van der Waals surface area (Å²) in [6.07, 6.45) is 2.36. The number of carboxylic acid groups (broad SMARTS) is 1. The van der Waals surface area contributed by atoms with E-state index in [1.165, 1.54) is 10.7 Å². The Hall–Kier alpha value is -2.77. The van der Waals surface area contributed by atoms with Gasteiger partial charge in [0, 0.05) is 5.92 Å². The van der Waals surface area contributed by atoms with Gasteiger partial charge < -0.3 is 10.4 Å². The minimum atomic E-state index is -1.08. The molecule has 2 aromatic rings. The van der Waals surface area contributed by atoms with Crippen LogP contribution in [0.25, 0.3) is 5.69 Å². The molecule has 1 saturated carbocycles. The molecule has 26 heavy (non-hydrogen) atoms. The number of aromatic nitrogens is 3. The number of carboxylic acids is 1. The van der Waals surface area contributed by atoms with E-state index in [9.17, 15) is 19.1 Å². The SMILES string of the molecule is CC(C)c1nc(C(=O)NC(CC2CC2)C(=O)O)nn1-c1ccccc1F. The summed E-state index contributed by atoms with van der Waals surface area (Å²) in [6.45, 7) is 3.71. The molecule has 1 aromatic heterocycles. The van der Waals surface area contributed by atoms with Crippen LogP contribution in [0, 0.1) is 11.7 Å². The predicted molar refractivity (Wildman–Crippen MR) is 91.6 cm³/mol. The smallest absolute Gasteiger partial charge is 0.326 e. The topological polar surface area (TPSA) is 97.1 Å². The summed E-state index contributed by atoms with van der Waals surface area (Å²) < 4.78 is 15.4. The number of hydrogen-bond donors (Lipinski definition) is 2. The Bertz CT molecular complexity index is 830. The molecule has 138 valence electrons.